The molecule has 0 aromatic carbocycles. The molecule has 0 saturated heterocycles. The smallest absolute Gasteiger partial charge is 0.220 e. The van der Waals surface area contributed by atoms with E-state index in [0.29, 0.717) is 0 Å². The Morgan fingerprint density at radius 2 is 1.89 bits per heavy atom. The first-order chi connectivity index (χ1) is 4.20. The van der Waals surface area contributed by atoms with Crippen molar-refractivity contribution in [1.82, 2.24) is 0 Å². The van der Waals surface area contributed by atoms with E-state index < -0.39 is 5.91 Å². The zero-order valence-electron chi connectivity index (χ0n) is 4.59. The van der Waals surface area contributed by atoms with Gasteiger partial charge in [0.15, 0.2) is 5.92 Å². The molecule has 0 aliphatic heterocycles. The average molecular weight is 122 g/mol. The van der Waals surface area contributed by atoms with Crippen LogP contribution in [0.3, 0.4) is 0 Å². The summed E-state index contributed by atoms with van der Waals surface area (Å²) in [5.41, 5.74) is 4.68. The van der Waals surface area contributed by atoms with E-state index in [2.05, 4.69) is 5.73 Å². The van der Waals surface area contributed by atoms with Gasteiger partial charge in [-0.05, 0) is 0 Å². The van der Waals surface area contributed by atoms with Gasteiger partial charge in [0, 0.05) is 0 Å². The normalized spacial score (nSPS) is 7.89. The van der Waals surface area contributed by atoms with Crippen molar-refractivity contribution in [3.8, 4) is 12.1 Å². The Balaban J connectivity index is 3.78. The maximum absolute atomic E-state index is 10.0. The first-order valence-electron chi connectivity index (χ1n) is 2.15. The molecule has 1 radical (unpaired) electrons. The quantitative estimate of drug-likeness (QED) is 0.534. The van der Waals surface area contributed by atoms with E-state index in [-0.39, 0.29) is 12.3 Å². The molecule has 0 saturated carbocycles. The number of hydrogen-bond donors (Lipinski definition) is 1. The monoisotopic (exact) mass is 122 g/mol. The van der Waals surface area contributed by atoms with E-state index in [4.69, 9.17) is 10.5 Å². The lowest BCUT2D eigenvalue weighted by Gasteiger charge is -1.88. The second-order valence-electron chi connectivity index (χ2n) is 1.35. The fourth-order valence-electron chi connectivity index (χ4n) is 0.278. The highest BCUT2D eigenvalue weighted by Crippen LogP contribution is 1.99. The van der Waals surface area contributed by atoms with Crippen LogP contribution in [0.4, 0.5) is 0 Å². The average Bonchev–Trinajstić information content (AvgIpc) is 1.82. The van der Waals surface area contributed by atoms with Gasteiger partial charge >= 0.3 is 0 Å². The van der Waals surface area contributed by atoms with Gasteiger partial charge in [-0.25, -0.2) is 0 Å². The summed E-state index contributed by atoms with van der Waals surface area (Å²) in [6.45, 7) is 0. The van der Waals surface area contributed by atoms with Crippen LogP contribution in [0.25, 0.3) is 0 Å². The number of carbonyl (C=O) groups excluding carboxylic acids is 1. The van der Waals surface area contributed by atoms with E-state index in [1.54, 1.807) is 0 Å². The topological polar surface area (TPSA) is 90.7 Å². The Bertz CT molecular complexity index is 171. The summed E-state index contributed by atoms with van der Waals surface area (Å²) in [4.78, 5) is 10.0. The van der Waals surface area contributed by atoms with E-state index >= 15 is 0 Å². The number of nitriles is 2. The van der Waals surface area contributed by atoms with Crippen LogP contribution in [0.2, 0.25) is 0 Å². The van der Waals surface area contributed by atoms with Crippen LogP contribution in [-0.4, -0.2) is 5.91 Å². The van der Waals surface area contributed by atoms with Gasteiger partial charge in [-0.15, -0.1) is 0 Å². The minimum atomic E-state index is -0.659. The van der Waals surface area contributed by atoms with Crippen LogP contribution in [0.5, 0.6) is 0 Å². The van der Waals surface area contributed by atoms with Gasteiger partial charge in [0.25, 0.3) is 0 Å². The highest BCUT2D eigenvalue weighted by molar-refractivity contribution is 5.77. The summed E-state index contributed by atoms with van der Waals surface area (Å²) < 4.78 is 0. The van der Waals surface area contributed by atoms with Crippen molar-refractivity contribution < 1.29 is 4.79 Å². The predicted molar refractivity (Wildman–Crippen MR) is 28.3 cm³/mol. The molecule has 9 heavy (non-hydrogen) atoms. The van der Waals surface area contributed by atoms with Gasteiger partial charge in [0.05, 0.1) is 18.6 Å². The largest absolute Gasteiger partial charge is 0.370 e. The molecule has 4 nitrogen and oxygen atoms in total. The molecular weight excluding hydrogens is 118 g/mol. The minimum Gasteiger partial charge on any atom is -0.370 e. The maximum atomic E-state index is 10.0. The van der Waals surface area contributed by atoms with Gasteiger partial charge in [-0.3, -0.25) is 4.79 Å². The van der Waals surface area contributed by atoms with Crippen molar-refractivity contribution in [2.45, 2.75) is 6.42 Å². The fourth-order valence-corrected chi connectivity index (χ4v) is 0.278. The standard InChI is InChI=1S/C5H4N3O/c6-2-4(3-7)1-5(8)9/h1H2,(H2,8,9). The van der Waals surface area contributed by atoms with Gasteiger partial charge in [0.2, 0.25) is 5.91 Å². The molecule has 45 valence electrons. The first-order valence-corrected chi connectivity index (χ1v) is 2.15. The predicted octanol–water partition coefficient (Wildman–Crippen LogP) is -0.517. The molecule has 0 aromatic rings. The number of hydrogen-bond acceptors (Lipinski definition) is 3. The first kappa shape index (κ1) is 7.45. The maximum Gasteiger partial charge on any atom is 0.220 e. The fraction of sp³-hybridized carbons (Fsp3) is 0.200. The number of carbonyl (C=O) groups is 1. The molecule has 0 atom stereocenters. The van der Waals surface area contributed by atoms with Crippen LogP contribution in [-0.2, 0) is 4.79 Å². The van der Waals surface area contributed by atoms with Crippen LogP contribution in [0.15, 0.2) is 0 Å². The van der Waals surface area contributed by atoms with Crippen LogP contribution < -0.4 is 5.73 Å². The van der Waals surface area contributed by atoms with Crippen molar-refractivity contribution >= 4 is 5.91 Å². The van der Waals surface area contributed by atoms with Crippen LogP contribution >= 0.6 is 0 Å². The number of primary amides is 1. The molecule has 0 spiro atoms. The molecule has 4 heteroatoms. The third-order valence-corrected chi connectivity index (χ3v) is 0.621. The lowest BCUT2D eigenvalue weighted by atomic mass is 10.1. The Hall–Kier alpha value is -1.55. The second kappa shape index (κ2) is 3.45. The van der Waals surface area contributed by atoms with Crippen molar-refractivity contribution in [2.24, 2.45) is 5.73 Å². The summed E-state index contributed by atoms with van der Waals surface area (Å²) in [6, 6.07) is 3.08. The molecule has 0 aliphatic carbocycles. The molecule has 0 aliphatic rings. The van der Waals surface area contributed by atoms with E-state index in [9.17, 15) is 4.79 Å². The molecule has 1 amide bonds. The number of nitrogens with two attached hydrogens (primary N) is 1. The summed E-state index contributed by atoms with van der Waals surface area (Å²) in [7, 11) is 0. The number of nitrogens with zero attached hydrogens (tertiary/aromatic N) is 2. The second-order valence-corrected chi connectivity index (χ2v) is 1.35. The Labute approximate surface area is 52.5 Å². The molecule has 0 heterocycles. The number of rotatable bonds is 2. The highest BCUT2D eigenvalue weighted by Gasteiger charge is 2.09. The third kappa shape index (κ3) is 3.07. The van der Waals surface area contributed by atoms with Crippen LogP contribution in [0.1, 0.15) is 6.42 Å². The molecule has 0 aromatic heterocycles. The van der Waals surface area contributed by atoms with Crippen molar-refractivity contribution in [2.75, 3.05) is 0 Å². The molecule has 0 unspecified atom stereocenters. The van der Waals surface area contributed by atoms with E-state index in [1.807, 2.05) is 0 Å². The Morgan fingerprint density at radius 1 is 1.44 bits per heavy atom. The van der Waals surface area contributed by atoms with Crippen molar-refractivity contribution in [1.29, 1.82) is 10.5 Å². The summed E-state index contributed by atoms with van der Waals surface area (Å²) in [6.07, 6.45) is -0.257. The lowest BCUT2D eigenvalue weighted by molar-refractivity contribution is -0.117. The molecular formula is C5H4N3O. The Morgan fingerprint density at radius 3 is 2.00 bits per heavy atom. The van der Waals surface area contributed by atoms with Gasteiger partial charge < -0.3 is 5.73 Å². The van der Waals surface area contributed by atoms with E-state index in [1.165, 1.54) is 12.1 Å². The molecule has 0 rings (SSSR count). The van der Waals surface area contributed by atoms with E-state index in [0.717, 1.165) is 0 Å². The third-order valence-electron chi connectivity index (χ3n) is 0.621. The van der Waals surface area contributed by atoms with Crippen LogP contribution in [0, 0.1) is 28.6 Å². The Kier molecular flexibility index (Phi) is 2.86. The van der Waals surface area contributed by atoms with Crippen molar-refractivity contribution in [3.05, 3.63) is 5.92 Å². The minimum absolute atomic E-state index is 0.150. The lowest BCUT2D eigenvalue weighted by Crippen LogP contribution is -2.13. The summed E-state index contributed by atoms with van der Waals surface area (Å²) in [5.74, 6) is -0.810. The molecule has 0 fully saturated rings. The number of amides is 1. The molecule has 2 N–H and O–H groups in total. The zero-order chi connectivity index (χ0) is 7.28. The van der Waals surface area contributed by atoms with Crippen molar-refractivity contribution in [3.63, 3.8) is 0 Å². The summed E-state index contributed by atoms with van der Waals surface area (Å²) >= 11 is 0. The highest BCUT2D eigenvalue weighted by atomic mass is 16.1. The SMILES string of the molecule is N#C[C](C#N)CC(N)=O. The summed E-state index contributed by atoms with van der Waals surface area (Å²) in [5, 5.41) is 16.1. The molecule has 0 bridgehead atoms. The zero-order valence-corrected chi connectivity index (χ0v) is 4.59. The van der Waals surface area contributed by atoms with Gasteiger partial charge in [-0.2, -0.15) is 10.5 Å². The van der Waals surface area contributed by atoms with Gasteiger partial charge in [0.1, 0.15) is 0 Å². The van der Waals surface area contributed by atoms with Gasteiger partial charge in [-0.1, -0.05) is 0 Å².